The quantitative estimate of drug-likeness (QED) is 0.624. The van der Waals surface area contributed by atoms with E-state index in [1.165, 1.54) is 7.11 Å². The first-order chi connectivity index (χ1) is 8.53. The van der Waals surface area contributed by atoms with Crippen LogP contribution in [0.5, 0.6) is 0 Å². The second-order valence-corrected chi connectivity index (χ2v) is 3.59. The predicted octanol–water partition coefficient (Wildman–Crippen LogP) is 2.35. The lowest BCUT2D eigenvalue weighted by molar-refractivity contribution is -0.139. The molecule has 0 atom stereocenters. The lowest BCUT2D eigenvalue weighted by Gasteiger charge is -2.10. The third-order valence-corrected chi connectivity index (χ3v) is 2.51. The molecule has 0 saturated heterocycles. The number of rotatable bonds is 4. The number of carbonyl (C=O) groups is 1. The molecule has 0 aliphatic carbocycles. The van der Waals surface area contributed by atoms with E-state index in [-0.39, 0.29) is 29.1 Å². The Morgan fingerprint density at radius 2 is 2.33 bits per heavy atom. The normalized spacial score (nSPS) is 10.2. The van der Waals surface area contributed by atoms with Gasteiger partial charge in [-0.2, -0.15) is 5.26 Å². The molecule has 7 heteroatoms. The summed E-state index contributed by atoms with van der Waals surface area (Å²) in [6.07, 6.45) is -3.12. The summed E-state index contributed by atoms with van der Waals surface area (Å²) < 4.78 is 29.6. The third-order valence-electron chi connectivity index (χ3n) is 2.25. The maximum atomic E-state index is 12.6. The van der Waals surface area contributed by atoms with Crippen molar-refractivity contribution in [3.8, 4) is 6.07 Å². The monoisotopic (exact) mass is 274 g/mol. The largest absolute Gasteiger partial charge is 0.469 e. The average molecular weight is 275 g/mol. The Bertz CT molecular complexity index is 501. The van der Waals surface area contributed by atoms with Gasteiger partial charge >= 0.3 is 5.97 Å². The van der Waals surface area contributed by atoms with Gasteiger partial charge in [-0.3, -0.25) is 9.78 Å². The van der Waals surface area contributed by atoms with Gasteiger partial charge in [0.15, 0.2) is 0 Å². The Kier molecular flexibility index (Phi) is 4.98. The molecule has 0 saturated carbocycles. The summed E-state index contributed by atoms with van der Waals surface area (Å²) in [6.45, 7) is 0. The van der Waals surface area contributed by atoms with E-state index in [0.717, 1.165) is 6.07 Å². The topological polar surface area (TPSA) is 63.0 Å². The maximum absolute atomic E-state index is 12.6. The molecule has 0 N–H and O–H groups in total. The van der Waals surface area contributed by atoms with Crippen molar-refractivity contribution in [2.24, 2.45) is 0 Å². The number of halogens is 3. The minimum atomic E-state index is -2.82. The number of nitrogens with zero attached hydrogens (tertiary/aromatic N) is 2. The van der Waals surface area contributed by atoms with Crippen molar-refractivity contribution in [1.29, 1.82) is 5.26 Å². The molecule has 0 aliphatic heterocycles. The predicted molar refractivity (Wildman–Crippen MR) is 59.2 cm³/mol. The highest BCUT2D eigenvalue weighted by atomic mass is 35.5. The van der Waals surface area contributed by atoms with Crippen molar-refractivity contribution in [1.82, 2.24) is 4.98 Å². The number of carbonyl (C=O) groups excluding carboxylic acids is 1. The number of esters is 1. The van der Waals surface area contributed by atoms with E-state index in [0.29, 0.717) is 0 Å². The number of pyridine rings is 1. The third kappa shape index (κ3) is 3.14. The molecule has 0 aromatic carbocycles. The first kappa shape index (κ1) is 14.3. The Balaban J connectivity index is 3.32. The van der Waals surface area contributed by atoms with Gasteiger partial charge in [0.25, 0.3) is 6.43 Å². The van der Waals surface area contributed by atoms with E-state index in [2.05, 4.69) is 9.72 Å². The standard InChI is InChI=1S/C11H9ClF2N2O2/c1-18-10(17)3-8-7(4-12)6(5-15)2-9(16-8)11(13)14/h2,11H,3-4H2,1H3. The van der Waals surface area contributed by atoms with Gasteiger partial charge in [-0.1, -0.05) is 0 Å². The number of hydrogen-bond acceptors (Lipinski definition) is 4. The Labute approximate surface area is 107 Å². The number of hydrogen-bond donors (Lipinski definition) is 0. The van der Waals surface area contributed by atoms with Crippen LogP contribution in [0.25, 0.3) is 0 Å². The van der Waals surface area contributed by atoms with Crippen LogP contribution in [0.4, 0.5) is 8.78 Å². The average Bonchev–Trinajstić information content (AvgIpc) is 2.37. The molecule has 0 bridgehead atoms. The summed E-state index contributed by atoms with van der Waals surface area (Å²) in [6, 6.07) is 2.74. The molecule has 96 valence electrons. The number of alkyl halides is 3. The SMILES string of the molecule is COC(=O)Cc1nc(C(F)F)cc(C#N)c1CCl. The van der Waals surface area contributed by atoms with Crippen molar-refractivity contribution in [3.05, 3.63) is 28.6 Å². The minimum Gasteiger partial charge on any atom is -0.469 e. The van der Waals surface area contributed by atoms with E-state index in [9.17, 15) is 13.6 Å². The number of methoxy groups -OCH3 is 1. The molecule has 4 nitrogen and oxygen atoms in total. The molecular formula is C11H9ClF2N2O2. The highest BCUT2D eigenvalue weighted by molar-refractivity contribution is 6.17. The molecular weight excluding hydrogens is 266 g/mol. The first-order valence-electron chi connectivity index (χ1n) is 4.87. The molecule has 1 aromatic heterocycles. The van der Waals surface area contributed by atoms with Crippen LogP contribution in [-0.2, 0) is 21.8 Å². The van der Waals surface area contributed by atoms with Gasteiger partial charge in [0.2, 0.25) is 0 Å². The van der Waals surface area contributed by atoms with Gasteiger partial charge in [0.05, 0.1) is 36.7 Å². The van der Waals surface area contributed by atoms with Gasteiger partial charge in [-0.25, -0.2) is 8.78 Å². The summed E-state index contributed by atoms with van der Waals surface area (Å²) in [7, 11) is 1.17. The van der Waals surface area contributed by atoms with E-state index >= 15 is 0 Å². The van der Waals surface area contributed by atoms with Crippen LogP contribution in [0.3, 0.4) is 0 Å². The van der Waals surface area contributed by atoms with Crippen molar-refractivity contribution < 1.29 is 18.3 Å². The molecule has 1 aromatic rings. The summed E-state index contributed by atoms with van der Waals surface area (Å²) in [5.41, 5.74) is -0.242. The second-order valence-electron chi connectivity index (χ2n) is 3.32. The van der Waals surface area contributed by atoms with Crippen LogP contribution in [0.2, 0.25) is 0 Å². The fourth-order valence-electron chi connectivity index (χ4n) is 1.36. The van der Waals surface area contributed by atoms with Crippen LogP contribution < -0.4 is 0 Å². The van der Waals surface area contributed by atoms with E-state index < -0.39 is 18.1 Å². The van der Waals surface area contributed by atoms with Crippen LogP contribution >= 0.6 is 11.6 Å². The van der Waals surface area contributed by atoms with Crippen LogP contribution in [0.15, 0.2) is 6.07 Å². The summed E-state index contributed by atoms with van der Waals surface area (Å²) in [5, 5.41) is 8.87. The molecule has 0 unspecified atom stereocenters. The summed E-state index contributed by atoms with van der Waals surface area (Å²) in [5.74, 6) is -0.727. The molecule has 0 fully saturated rings. The Morgan fingerprint density at radius 3 is 2.78 bits per heavy atom. The molecule has 0 amide bonds. The summed E-state index contributed by atoms with van der Waals surface area (Å²) >= 11 is 5.64. The van der Waals surface area contributed by atoms with Gasteiger partial charge in [0.1, 0.15) is 5.69 Å². The molecule has 1 heterocycles. The van der Waals surface area contributed by atoms with Gasteiger partial charge < -0.3 is 4.74 Å². The number of aromatic nitrogens is 1. The lowest BCUT2D eigenvalue weighted by atomic mass is 10.1. The number of nitriles is 1. The number of ether oxygens (including phenoxy) is 1. The zero-order valence-electron chi connectivity index (χ0n) is 9.41. The highest BCUT2D eigenvalue weighted by Crippen LogP contribution is 2.23. The fourth-order valence-corrected chi connectivity index (χ4v) is 1.66. The fraction of sp³-hybridized carbons (Fsp3) is 0.364. The van der Waals surface area contributed by atoms with Crippen LogP contribution in [-0.4, -0.2) is 18.1 Å². The zero-order valence-corrected chi connectivity index (χ0v) is 10.2. The first-order valence-corrected chi connectivity index (χ1v) is 5.40. The van der Waals surface area contributed by atoms with E-state index in [1.54, 1.807) is 6.07 Å². The summed E-state index contributed by atoms with van der Waals surface area (Å²) in [4.78, 5) is 14.8. The molecule has 1 rings (SSSR count). The Morgan fingerprint density at radius 1 is 1.67 bits per heavy atom. The van der Waals surface area contributed by atoms with E-state index in [1.807, 2.05) is 0 Å². The molecule has 0 aliphatic rings. The van der Waals surface area contributed by atoms with Gasteiger partial charge in [-0.15, -0.1) is 11.6 Å². The Hall–Kier alpha value is -1.74. The highest BCUT2D eigenvalue weighted by Gasteiger charge is 2.19. The second kappa shape index (κ2) is 6.26. The molecule has 18 heavy (non-hydrogen) atoms. The molecule has 0 radical (unpaired) electrons. The molecule has 0 spiro atoms. The zero-order chi connectivity index (χ0) is 13.7. The lowest BCUT2D eigenvalue weighted by Crippen LogP contribution is -2.11. The van der Waals surface area contributed by atoms with Gasteiger partial charge in [-0.05, 0) is 6.07 Å². The maximum Gasteiger partial charge on any atom is 0.311 e. The van der Waals surface area contributed by atoms with Crippen LogP contribution in [0.1, 0.15) is 28.9 Å². The van der Waals surface area contributed by atoms with Crippen molar-refractivity contribution in [3.63, 3.8) is 0 Å². The van der Waals surface area contributed by atoms with E-state index in [4.69, 9.17) is 16.9 Å². The minimum absolute atomic E-state index is 0.00537. The van der Waals surface area contributed by atoms with Gasteiger partial charge in [0, 0.05) is 5.56 Å². The van der Waals surface area contributed by atoms with Crippen molar-refractivity contribution >= 4 is 17.6 Å². The smallest absolute Gasteiger partial charge is 0.311 e. The van der Waals surface area contributed by atoms with Crippen LogP contribution in [0, 0.1) is 11.3 Å². The van der Waals surface area contributed by atoms with Crippen molar-refractivity contribution in [2.45, 2.75) is 18.7 Å². The van der Waals surface area contributed by atoms with Crippen molar-refractivity contribution in [2.75, 3.05) is 7.11 Å².